The Kier molecular flexibility index (Phi) is 2.09. The van der Waals surface area contributed by atoms with Crippen LogP contribution in [0, 0.1) is 22.7 Å². The largest absolute Gasteiger partial charge is 0.453 e. The molecule has 0 saturated heterocycles. The van der Waals surface area contributed by atoms with Gasteiger partial charge in [-0.2, -0.15) is 5.90 Å². The summed E-state index contributed by atoms with van der Waals surface area (Å²) in [6.07, 6.45) is 4.49. The molecule has 3 saturated carbocycles. The Bertz CT molecular complexity index is 378. The second-order valence-corrected chi connectivity index (χ2v) is 5.88. The second-order valence-electron chi connectivity index (χ2n) is 5.88. The molecule has 0 radical (unpaired) electrons. The molecule has 17 heavy (non-hydrogen) atoms. The molecule has 0 aromatic rings. The van der Waals surface area contributed by atoms with Crippen LogP contribution in [0.1, 0.15) is 32.6 Å². The first-order valence-electron chi connectivity index (χ1n) is 6.11. The molecule has 5 heteroatoms. The fourth-order valence-electron chi connectivity index (χ4n) is 4.81. The molecule has 0 aromatic carbocycles. The molecular weight excluding hydrogens is 222 g/mol. The van der Waals surface area contributed by atoms with E-state index >= 15 is 0 Å². The van der Waals surface area contributed by atoms with Gasteiger partial charge in [-0.15, -0.1) is 0 Å². The molecule has 0 spiro atoms. The number of carbonyl (C=O) groups is 2. The van der Waals surface area contributed by atoms with E-state index < -0.39 is 5.97 Å². The summed E-state index contributed by atoms with van der Waals surface area (Å²) in [4.78, 5) is 27.1. The van der Waals surface area contributed by atoms with Crippen molar-refractivity contribution in [1.29, 1.82) is 0 Å². The van der Waals surface area contributed by atoms with Crippen molar-refractivity contribution in [3.05, 3.63) is 0 Å². The highest BCUT2D eigenvalue weighted by atomic mass is 16.7. The SMILES string of the molecule is CC12CC3CCC(C1)C32C(=O)OCC(=O)ON. The average molecular weight is 239 g/mol. The van der Waals surface area contributed by atoms with E-state index in [9.17, 15) is 9.59 Å². The van der Waals surface area contributed by atoms with Gasteiger partial charge in [-0.25, -0.2) is 4.79 Å². The molecule has 3 aliphatic carbocycles. The predicted octanol–water partition coefficient (Wildman–Crippen LogP) is 0.773. The first kappa shape index (κ1) is 11.0. The summed E-state index contributed by atoms with van der Waals surface area (Å²) < 4.78 is 5.08. The smallest absolute Gasteiger partial charge is 0.362 e. The summed E-state index contributed by atoms with van der Waals surface area (Å²) >= 11 is 0. The molecule has 0 amide bonds. The fourth-order valence-corrected chi connectivity index (χ4v) is 4.81. The van der Waals surface area contributed by atoms with Gasteiger partial charge in [-0.05, 0) is 42.9 Å². The topological polar surface area (TPSA) is 78.6 Å². The van der Waals surface area contributed by atoms with Crippen LogP contribution < -0.4 is 5.90 Å². The zero-order valence-corrected chi connectivity index (χ0v) is 9.90. The Hall–Kier alpha value is -1.10. The maximum atomic E-state index is 12.2. The van der Waals surface area contributed by atoms with E-state index in [1.165, 1.54) is 0 Å². The number of nitrogens with two attached hydrogens (primary N) is 1. The summed E-state index contributed by atoms with van der Waals surface area (Å²) in [5.74, 6) is 4.72. The standard InChI is InChI=1S/C12H17NO4/c1-11-4-7-2-3-8(5-11)12(7,11)10(15)16-6-9(14)17-13/h7-8H,2-6,13H2,1H3. The van der Waals surface area contributed by atoms with Gasteiger partial charge in [-0.1, -0.05) is 6.92 Å². The number of rotatable bonds is 3. The zero-order chi connectivity index (χ0) is 12.3. The average Bonchev–Trinajstić information content (AvgIpc) is 2.43. The fraction of sp³-hybridized carbons (Fsp3) is 0.833. The third kappa shape index (κ3) is 1.08. The van der Waals surface area contributed by atoms with Crippen LogP contribution in [0.2, 0.25) is 0 Å². The Morgan fingerprint density at radius 1 is 1.29 bits per heavy atom. The maximum Gasteiger partial charge on any atom is 0.362 e. The molecule has 3 fully saturated rings. The number of carbonyl (C=O) groups excluding carboxylic acids is 2. The van der Waals surface area contributed by atoms with Gasteiger partial charge in [0.25, 0.3) is 0 Å². The van der Waals surface area contributed by atoms with E-state index in [2.05, 4.69) is 11.8 Å². The Morgan fingerprint density at radius 3 is 2.35 bits per heavy atom. The van der Waals surface area contributed by atoms with Gasteiger partial charge in [-0.3, -0.25) is 4.79 Å². The van der Waals surface area contributed by atoms with Crippen LogP contribution in [0.15, 0.2) is 0 Å². The lowest BCUT2D eigenvalue weighted by Gasteiger charge is -2.69. The lowest BCUT2D eigenvalue weighted by Crippen LogP contribution is -2.70. The van der Waals surface area contributed by atoms with Crippen LogP contribution in [0.25, 0.3) is 0 Å². The van der Waals surface area contributed by atoms with Gasteiger partial charge in [0.15, 0.2) is 6.61 Å². The van der Waals surface area contributed by atoms with Crippen molar-refractivity contribution in [3.63, 3.8) is 0 Å². The van der Waals surface area contributed by atoms with Crippen LogP contribution in [0.4, 0.5) is 0 Å². The summed E-state index contributed by atoms with van der Waals surface area (Å²) in [6.45, 7) is 1.79. The van der Waals surface area contributed by atoms with Crippen molar-refractivity contribution in [2.24, 2.45) is 28.6 Å². The summed E-state index contributed by atoms with van der Waals surface area (Å²) in [5, 5.41) is 0. The first-order chi connectivity index (χ1) is 8.04. The van der Waals surface area contributed by atoms with Crippen molar-refractivity contribution in [1.82, 2.24) is 0 Å². The van der Waals surface area contributed by atoms with Crippen molar-refractivity contribution in [2.75, 3.05) is 6.61 Å². The van der Waals surface area contributed by atoms with Gasteiger partial charge in [0.1, 0.15) is 0 Å². The lowest BCUT2D eigenvalue weighted by molar-refractivity contribution is -0.248. The lowest BCUT2D eigenvalue weighted by atomic mass is 9.33. The molecule has 5 nitrogen and oxygen atoms in total. The third-order valence-electron chi connectivity index (χ3n) is 5.33. The summed E-state index contributed by atoms with van der Waals surface area (Å²) in [5.41, 5.74) is -0.176. The third-order valence-corrected chi connectivity index (χ3v) is 5.33. The van der Waals surface area contributed by atoms with Gasteiger partial charge in [0, 0.05) is 0 Å². The molecule has 2 unspecified atom stereocenters. The van der Waals surface area contributed by atoms with Gasteiger partial charge in [0.05, 0.1) is 5.41 Å². The van der Waals surface area contributed by atoms with Crippen LogP contribution in [-0.4, -0.2) is 18.5 Å². The second kappa shape index (κ2) is 3.22. The molecule has 0 heterocycles. The Labute approximate surface area is 99.6 Å². The van der Waals surface area contributed by atoms with Crippen LogP contribution >= 0.6 is 0 Å². The van der Waals surface area contributed by atoms with E-state index in [0.717, 1.165) is 25.7 Å². The first-order valence-corrected chi connectivity index (χ1v) is 6.11. The van der Waals surface area contributed by atoms with Gasteiger partial charge in [0.2, 0.25) is 0 Å². The van der Waals surface area contributed by atoms with Crippen molar-refractivity contribution in [3.8, 4) is 0 Å². The van der Waals surface area contributed by atoms with Crippen LogP contribution in [0.3, 0.4) is 0 Å². The highest BCUT2D eigenvalue weighted by Crippen LogP contribution is 2.81. The van der Waals surface area contributed by atoms with Gasteiger partial charge < -0.3 is 9.57 Å². The van der Waals surface area contributed by atoms with Crippen molar-refractivity contribution in [2.45, 2.75) is 32.6 Å². The molecule has 3 rings (SSSR count). The van der Waals surface area contributed by atoms with Crippen LogP contribution in [-0.2, 0) is 19.2 Å². The number of ether oxygens (including phenoxy) is 1. The highest BCUT2D eigenvalue weighted by Gasteiger charge is 2.80. The predicted molar refractivity (Wildman–Crippen MR) is 57.2 cm³/mol. The summed E-state index contributed by atoms with van der Waals surface area (Å²) in [7, 11) is 0. The molecule has 94 valence electrons. The Morgan fingerprint density at radius 2 is 1.88 bits per heavy atom. The molecule has 0 aromatic heterocycles. The minimum atomic E-state index is -0.706. The molecule has 0 bridgehead atoms. The monoisotopic (exact) mass is 239 g/mol. The molecule has 2 atom stereocenters. The van der Waals surface area contributed by atoms with E-state index in [0.29, 0.717) is 11.8 Å². The van der Waals surface area contributed by atoms with Crippen LogP contribution in [0.5, 0.6) is 0 Å². The normalized spacial score (nSPS) is 45.3. The molecular formula is C12H17NO4. The molecule has 2 N–H and O–H groups in total. The van der Waals surface area contributed by atoms with Gasteiger partial charge >= 0.3 is 11.9 Å². The van der Waals surface area contributed by atoms with E-state index in [-0.39, 0.29) is 23.4 Å². The highest BCUT2D eigenvalue weighted by molar-refractivity contribution is 5.84. The minimum Gasteiger partial charge on any atom is -0.453 e. The van der Waals surface area contributed by atoms with E-state index in [4.69, 9.17) is 10.6 Å². The Balaban J connectivity index is 1.72. The zero-order valence-electron chi connectivity index (χ0n) is 9.90. The number of esters is 1. The van der Waals surface area contributed by atoms with Crippen molar-refractivity contribution < 1.29 is 19.2 Å². The van der Waals surface area contributed by atoms with E-state index in [1.54, 1.807) is 0 Å². The minimum absolute atomic E-state index is 0.114. The number of hydrogen-bond acceptors (Lipinski definition) is 5. The number of hydrogen-bond donors (Lipinski definition) is 1. The molecule has 3 aliphatic rings. The maximum absolute atomic E-state index is 12.2. The molecule has 0 aliphatic heterocycles. The summed E-state index contributed by atoms with van der Waals surface area (Å²) in [6, 6.07) is 0. The van der Waals surface area contributed by atoms with Crippen molar-refractivity contribution >= 4 is 11.9 Å². The van der Waals surface area contributed by atoms with E-state index in [1.807, 2.05) is 0 Å². The quantitative estimate of drug-likeness (QED) is 0.581.